The van der Waals surface area contributed by atoms with Crippen LogP contribution in [0.15, 0.2) is 6.07 Å². The number of likely N-dealkylation sites (N-methyl/N-ethyl adjacent to an activating group) is 1. The molecule has 1 aromatic rings. The highest BCUT2D eigenvalue weighted by atomic mass is 15.3. The van der Waals surface area contributed by atoms with Crippen LogP contribution in [0.5, 0.6) is 0 Å². The van der Waals surface area contributed by atoms with Crippen molar-refractivity contribution in [1.29, 1.82) is 0 Å². The van der Waals surface area contributed by atoms with E-state index in [0.717, 1.165) is 13.1 Å². The van der Waals surface area contributed by atoms with Crippen LogP contribution in [-0.2, 0) is 12.0 Å². The maximum atomic E-state index is 4.76. The van der Waals surface area contributed by atoms with Crippen molar-refractivity contribution in [3.8, 4) is 0 Å². The van der Waals surface area contributed by atoms with E-state index < -0.39 is 0 Å². The first-order valence-corrected chi connectivity index (χ1v) is 6.44. The van der Waals surface area contributed by atoms with Crippen LogP contribution in [0.3, 0.4) is 0 Å². The standard InChI is InChI=1S/C14H27N3/c1-11(2)12-10-13(14(3,4)5)15-17(12)9-8-16(6)7/h10-11H,8-9H2,1-7H3. The molecule has 0 unspecified atom stereocenters. The lowest BCUT2D eigenvalue weighted by molar-refractivity contribution is 0.365. The van der Waals surface area contributed by atoms with Crippen LogP contribution >= 0.6 is 0 Å². The molecule has 1 rings (SSSR count). The Hall–Kier alpha value is -0.830. The molecule has 0 saturated heterocycles. The van der Waals surface area contributed by atoms with Crippen LogP contribution in [0.25, 0.3) is 0 Å². The Bertz CT molecular complexity index is 356. The zero-order valence-electron chi connectivity index (χ0n) is 12.4. The first kappa shape index (κ1) is 14.2. The zero-order valence-corrected chi connectivity index (χ0v) is 12.4. The van der Waals surface area contributed by atoms with Gasteiger partial charge in [0, 0.05) is 17.7 Å². The Kier molecular flexibility index (Phi) is 4.36. The molecule has 0 aliphatic rings. The molecule has 0 fully saturated rings. The van der Waals surface area contributed by atoms with E-state index in [2.05, 4.69) is 64.4 Å². The lowest BCUT2D eigenvalue weighted by Gasteiger charge is -2.15. The van der Waals surface area contributed by atoms with E-state index in [9.17, 15) is 0 Å². The van der Waals surface area contributed by atoms with Gasteiger partial charge in [0.25, 0.3) is 0 Å². The third kappa shape index (κ3) is 3.84. The molecule has 0 atom stereocenters. The molecule has 0 saturated carbocycles. The summed E-state index contributed by atoms with van der Waals surface area (Å²) < 4.78 is 2.17. The van der Waals surface area contributed by atoms with Crippen LogP contribution < -0.4 is 0 Å². The van der Waals surface area contributed by atoms with E-state index in [1.165, 1.54) is 11.4 Å². The largest absolute Gasteiger partial charge is 0.308 e. The summed E-state index contributed by atoms with van der Waals surface area (Å²) in [6.45, 7) is 13.1. The normalized spacial score (nSPS) is 12.8. The van der Waals surface area contributed by atoms with Crippen molar-refractivity contribution in [3.05, 3.63) is 17.5 Å². The highest BCUT2D eigenvalue weighted by Crippen LogP contribution is 2.25. The molecular formula is C14H27N3. The Labute approximate surface area is 106 Å². The van der Waals surface area contributed by atoms with Gasteiger partial charge in [-0.1, -0.05) is 34.6 Å². The predicted octanol–water partition coefficient (Wildman–Crippen LogP) is 2.87. The maximum absolute atomic E-state index is 4.76. The van der Waals surface area contributed by atoms with Crippen molar-refractivity contribution in [3.63, 3.8) is 0 Å². The van der Waals surface area contributed by atoms with E-state index in [1.807, 2.05) is 0 Å². The summed E-state index contributed by atoms with van der Waals surface area (Å²) in [5, 5.41) is 4.76. The van der Waals surface area contributed by atoms with Gasteiger partial charge in [-0.25, -0.2) is 0 Å². The fraction of sp³-hybridized carbons (Fsp3) is 0.786. The topological polar surface area (TPSA) is 21.1 Å². The molecule has 0 spiro atoms. The van der Waals surface area contributed by atoms with Gasteiger partial charge in [-0.05, 0) is 26.1 Å². The van der Waals surface area contributed by atoms with E-state index in [0.29, 0.717) is 5.92 Å². The second kappa shape index (κ2) is 5.21. The first-order chi connectivity index (χ1) is 7.71. The van der Waals surface area contributed by atoms with E-state index in [-0.39, 0.29) is 5.41 Å². The van der Waals surface area contributed by atoms with Crippen LogP contribution in [0, 0.1) is 0 Å². The van der Waals surface area contributed by atoms with Crippen molar-refractivity contribution in [1.82, 2.24) is 14.7 Å². The minimum atomic E-state index is 0.132. The summed E-state index contributed by atoms with van der Waals surface area (Å²) in [5.41, 5.74) is 2.67. The van der Waals surface area contributed by atoms with E-state index >= 15 is 0 Å². The average Bonchev–Trinajstić information content (AvgIpc) is 2.57. The summed E-state index contributed by atoms with van der Waals surface area (Å²) in [7, 11) is 4.20. The third-order valence-electron chi connectivity index (χ3n) is 2.93. The number of hydrogen-bond donors (Lipinski definition) is 0. The summed E-state index contributed by atoms with van der Waals surface area (Å²) in [4.78, 5) is 2.20. The second-order valence-electron chi connectivity index (χ2n) is 6.39. The maximum Gasteiger partial charge on any atom is 0.0681 e. The number of aromatic nitrogens is 2. The molecule has 0 radical (unpaired) electrons. The molecule has 0 amide bonds. The van der Waals surface area contributed by atoms with Gasteiger partial charge in [-0.2, -0.15) is 5.10 Å². The molecule has 1 aromatic heterocycles. The minimum absolute atomic E-state index is 0.132. The van der Waals surface area contributed by atoms with Crippen molar-refractivity contribution in [2.75, 3.05) is 20.6 Å². The zero-order chi connectivity index (χ0) is 13.2. The quantitative estimate of drug-likeness (QED) is 0.803. The van der Waals surface area contributed by atoms with E-state index in [4.69, 9.17) is 5.10 Å². The Morgan fingerprint density at radius 1 is 1.29 bits per heavy atom. The molecule has 0 N–H and O–H groups in total. The van der Waals surface area contributed by atoms with Crippen LogP contribution in [-0.4, -0.2) is 35.3 Å². The van der Waals surface area contributed by atoms with Crippen LogP contribution in [0.1, 0.15) is 51.9 Å². The average molecular weight is 237 g/mol. The Morgan fingerprint density at radius 3 is 2.29 bits per heavy atom. The number of rotatable bonds is 4. The van der Waals surface area contributed by atoms with Crippen molar-refractivity contribution in [2.45, 2.75) is 52.5 Å². The highest BCUT2D eigenvalue weighted by molar-refractivity contribution is 5.19. The summed E-state index contributed by atoms with van der Waals surface area (Å²) in [6, 6.07) is 2.26. The van der Waals surface area contributed by atoms with Crippen molar-refractivity contribution < 1.29 is 0 Å². The van der Waals surface area contributed by atoms with E-state index in [1.54, 1.807) is 0 Å². The summed E-state index contributed by atoms with van der Waals surface area (Å²) in [6.07, 6.45) is 0. The SMILES string of the molecule is CC(C)c1cc(C(C)(C)C)nn1CCN(C)C. The van der Waals surface area contributed by atoms with Gasteiger partial charge in [0.15, 0.2) is 0 Å². The fourth-order valence-electron chi connectivity index (χ4n) is 1.74. The van der Waals surface area contributed by atoms with Gasteiger partial charge in [-0.3, -0.25) is 4.68 Å². The monoisotopic (exact) mass is 237 g/mol. The van der Waals surface area contributed by atoms with Gasteiger partial charge in [0.2, 0.25) is 0 Å². The second-order valence-corrected chi connectivity index (χ2v) is 6.39. The molecule has 0 aliphatic carbocycles. The molecule has 0 aliphatic heterocycles. The predicted molar refractivity (Wildman–Crippen MR) is 73.6 cm³/mol. The van der Waals surface area contributed by atoms with Gasteiger partial charge in [-0.15, -0.1) is 0 Å². The lowest BCUT2D eigenvalue weighted by Crippen LogP contribution is -2.21. The molecule has 17 heavy (non-hydrogen) atoms. The Morgan fingerprint density at radius 2 is 1.88 bits per heavy atom. The van der Waals surface area contributed by atoms with Crippen LogP contribution in [0.4, 0.5) is 0 Å². The molecule has 3 heteroatoms. The minimum Gasteiger partial charge on any atom is -0.308 e. The van der Waals surface area contributed by atoms with Crippen molar-refractivity contribution >= 4 is 0 Å². The van der Waals surface area contributed by atoms with Crippen LogP contribution in [0.2, 0.25) is 0 Å². The van der Waals surface area contributed by atoms with Gasteiger partial charge in [0.1, 0.15) is 0 Å². The molecule has 1 heterocycles. The Balaban J connectivity index is 2.97. The number of hydrogen-bond acceptors (Lipinski definition) is 2. The highest BCUT2D eigenvalue weighted by Gasteiger charge is 2.20. The first-order valence-electron chi connectivity index (χ1n) is 6.44. The van der Waals surface area contributed by atoms with Crippen molar-refractivity contribution in [2.24, 2.45) is 0 Å². The summed E-state index contributed by atoms with van der Waals surface area (Å²) in [5.74, 6) is 0.528. The van der Waals surface area contributed by atoms with Gasteiger partial charge < -0.3 is 4.90 Å². The fourth-order valence-corrected chi connectivity index (χ4v) is 1.74. The molecule has 98 valence electrons. The molecule has 3 nitrogen and oxygen atoms in total. The smallest absolute Gasteiger partial charge is 0.0681 e. The van der Waals surface area contributed by atoms with Gasteiger partial charge in [0.05, 0.1) is 12.2 Å². The number of nitrogens with zero attached hydrogens (tertiary/aromatic N) is 3. The molecule has 0 bridgehead atoms. The lowest BCUT2D eigenvalue weighted by atomic mass is 9.92. The van der Waals surface area contributed by atoms with Gasteiger partial charge >= 0.3 is 0 Å². The molecule has 0 aromatic carbocycles. The third-order valence-corrected chi connectivity index (χ3v) is 2.93. The molecular weight excluding hydrogens is 210 g/mol. The summed E-state index contributed by atoms with van der Waals surface area (Å²) >= 11 is 0.